The predicted octanol–water partition coefficient (Wildman–Crippen LogP) is 6.18. The van der Waals surface area contributed by atoms with Crippen molar-refractivity contribution in [3.05, 3.63) is 88.7 Å². The molecule has 0 aliphatic rings. The highest BCUT2D eigenvalue weighted by Crippen LogP contribution is 2.21. The van der Waals surface area contributed by atoms with Crippen LogP contribution in [-0.2, 0) is 0 Å². The van der Waals surface area contributed by atoms with Gasteiger partial charge in [0.15, 0.2) is 0 Å². The molecule has 0 heterocycles. The fourth-order valence-electron chi connectivity index (χ4n) is 4.39. The summed E-state index contributed by atoms with van der Waals surface area (Å²) in [5.41, 5.74) is 3.23. The summed E-state index contributed by atoms with van der Waals surface area (Å²) in [6, 6.07) is 23.0. The lowest BCUT2D eigenvalue weighted by Gasteiger charge is -2.43. The molecule has 0 radical (unpaired) electrons. The molecule has 0 saturated heterocycles. The lowest BCUT2D eigenvalue weighted by atomic mass is 9.14. The highest BCUT2D eigenvalue weighted by Gasteiger charge is 2.30. The first kappa shape index (κ1) is 21.0. The Morgan fingerprint density at radius 1 is 0.714 bits per heavy atom. The molecule has 0 saturated carbocycles. The molecular formula is C24H25BCl2F-. The van der Waals surface area contributed by atoms with E-state index < -0.39 is 6.15 Å². The van der Waals surface area contributed by atoms with Gasteiger partial charge in [0.05, 0.1) is 6.15 Å². The average Bonchev–Trinajstić information content (AvgIpc) is 2.68. The molecule has 3 aromatic rings. The first-order valence-electron chi connectivity index (χ1n) is 10.0. The van der Waals surface area contributed by atoms with Gasteiger partial charge in [-0.25, -0.2) is 4.39 Å². The Balaban J connectivity index is 2.24. The maximum atomic E-state index is 14.3. The maximum Gasteiger partial charge on any atom is 0.120 e. The summed E-state index contributed by atoms with van der Waals surface area (Å²) in [6.07, 6.45) is 4.10. The van der Waals surface area contributed by atoms with E-state index in [0.717, 1.165) is 35.6 Å². The lowest BCUT2D eigenvalue weighted by Crippen LogP contribution is -2.67. The van der Waals surface area contributed by atoms with Gasteiger partial charge in [0.2, 0.25) is 0 Å². The fraction of sp³-hybridized carbons (Fsp3) is 0.250. The van der Waals surface area contributed by atoms with E-state index in [-0.39, 0.29) is 5.82 Å². The van der Waals surface area contributed by atoms with Crippen LogP contribution in [-0.4, -0.2) is 6.15 Å². The molecule has 0 aromatic heterocycles. The number of hydrogen-bond donors (Lipinski definition) is 0. The molecule has 4 heteroatoms. The zero-order valence-electron chi connectivity index (χ0n) is 16.2. The largest absolute Gasteiger partial charge is 0.207 e. The average molecular weight is 414 g/mol. The van der Waals surface area contributed by atoms with Crippen molar-refractivity contribution in [1.82, 2.24) is 0 Å². The fourth-order valence-corrected chi connectivity index (χ4v) is 4.79. The molecule has 0 atom stereocenters. The number of hydrogen-bond acceptors (Lipinski definition) is 0. The normalized spacial score (nSPS) is 11.6. The van der Waals surface area contributed by atoms with Crippen LogP contribution in [0.4, 0.5) is 4.39 Å². The monoisotopic (exact) mass is 413 g/mol. The molecule has 0 unspecified atom stereocenters. The van der Waals surface area contributed by atoms with Gasteiger partial charge in [0, 0.05) is 10.0 Å². The zero-order chi connectivity index (χ0) is 20.0. The molecular weight excluding hydrogens is 389 g/mol. The van der Waals surface area contributed by atoms with Crippen LogP contribution < -0.4 is 16.4 Å². The third-order valence-corrected chi connectivity index (χ3v) is 6.21. The number of rotatable bonds is 8. The molecule has 0 fully saturated rings. The van der Waals surface area contributed by atoms with Gasteiger partial charge in [0.25, 0.3) is 0 Å². The summed E-state index contributed by atoms with van der Waals surface area (Å²) < 4.78 is 14.3. The molecule has 0 amide bonds. The highest BCUT2D eigenvalue weighted by molar-refractivity contribution is 7.11. The molecule has 28 heavy (non-hydrogen) atoms. The molecule has 0 N–H and O–H groups in total. The van der Waals surface area contributed by atoms with Crippen molar-refractivity contribution in [2.24, 2.45) is 0 Å². The number of unbranched alkanes of at least 4 members (excludes halogenated alkanes) is 3. The van der Waals surface area contributed by atoms with Crippen LogP contribution in [0.1, 0.15) is 32.6 Å². The van der Waals surface area contributed by atoms with Crippen LogP contribution in [0, 0.1) is 5.82 Å². The van der Waals surface area contributed by atoms with Crippen LogP contribution in [0.3, 0.4) is 0 Å². The van der Waals surface area contributed by atoms with Gasteiger partial charge in [-0.05, 0) is 18.2 Å². The maximum absolute atomic E-state index is 14.3. The molecule has 146 valence electrons. The van der Waals surface area contributed by atoms with Gasteiger partial charge in [0.1, 0.15) is 5.82 Å². The van der Waals surface area contributed by atoms with Crippen molar-refractivity contribution in [3.8, 4) is 0 Å². The summed E-state index contributed by atoms with van der Waals surface area (Å²) in [4.78, 5) is 0. The molecule has 0 nitrogen and oxygen atoms in total. The summed E-state index contributed by atoms with van der Waals surface area (Å²) in [6.45, 7) is 2.21. The summed E-state index contributed by atoms with van der Waals surface area (Å²) in [5, 5.41) is 1.38. The van der Waals surface area contributed by atoms with Gasteiger partial charge in [-0.1, -0.05) is 110 Å². The number of benzene rings is 3. The van der Waals surface area contributed by atoms with Crippen molar-refractivity contribution in [2.45, 2.75) is 38.9 Å². The van der Waals surface area contributed by atoms with E-state index in [2.05, 4.69) is 19.1 Å². The van der Waals surface area contributed by atoms with E-state index >= 15 is 0 Å². The second-order valence-corrected chi connectivity index (χ2v) is 8.43. The van der Waals surface area contributed by atoms with E-state index in [0.29, 0.717) is 10.0 Å². The lowest BCUT2D eigenvalue weighted by molar-refractivity contribution is 0.629. The molecule has 3 aromatic carbocycles. The van der Waals surface area contributed by atoms with Crippen LogP contribution in [0.2, 0.25) is 16.4 Å². The predicted molar refractivity (Wildman–Crippen MR) is 123 cm³/mol. The van der Waals surface area contributed by atoms with Crippen molar-refractivity contribution < 1.29 is 4.39 Å². The third-order valence-electron chi connectivity index (χ3n) is 5.74. The van der Waals surface area contributed by atoms with Crippen molar-refractivity contribution in [1.29, 1.82) is 0 Å². The second-order valence-electron chi connectivity index (χ2n) is 7.56. The highest BCUT2D eigenvalue weighted by atomic mass is 35.5. The van der Waals surface area contributed by atoms with Crippen LogP contribution in [0.15, 0.2) is 72.8 Å². The first-order valence-corrected chi connectivity index (χ1v) is 10.8. The molecule has 0 spiro atoms. The van der Waals surface area contributed by atoms with Crippen molar-refractivity contribution >= 4 is 45.7 Å². The summed E-state index contributed by atoms with van der Waals surface area (Å²) >= 11 is 12.8. The second kappa shape index (κ2) is 9.63. The SMILES string of the molecule is CCCCCC[B-](c1cccc(F)c1)(c1cccc(Cl)c1)c1cccc(Cl)c1. The van der Waals surface area contributed by atoms with Gasteiger partial charge < -0.3 is 0 Å². The molecule has 0 bridgehead atoms. The van der Waals surface area contributed by atoms with E-state index in [4.69, 9.17) is 23.2 Å². The minimum atomic E-state index is -1.39. The van der Waals surface area contributed by atoms with Crippen LogP contribution in [0.25, 0.3) is 0 Å². The van der Waals surface area contributed by atoms with Gasteiger partial charge in [-0.3, -0.25) is 0 Å². The smallest absolute Gasteiger partial charge is 0.120 e. The minimum absolute atomic E-state index is 0.221. The molecule has 3 rings (SSSR count). The molecule has 0 aliphatic carbocycles. The van der Waals surface area contributed by atoms with Gasteiger partial charge in [-0.15, -0.1) is 0 Å². The molecule has 0 aliphatic heterocycles. The number of halogens is 3. The van der Waals surface area contributed by atoms with E-state index in [1.165, 1.54) is 18.9 Å². The van der Waals surface area contributed by atoms with Crippen LogP contribution >= 0.6 is 23.2 Å². The minimum Gasteiger partial charge on any atom is -0.207 e. The Hall–Kier alpha value is -1.77. The topological polar surface area (TPSA) is 0 Å². The summed E-state index contributed by atoms with van der Waals surface area (Å²) in [7, 11) is 0. The Labute approximate surface area is 177 Å². The Morgan fingerprint density at radius 2 is 1.25 bits per heavy atom. The Morgan fingerprint density at radius 3 is 1.75 bits per heavy atom. The van der Waals surface area contributed by atoms with Crippen molar-refractivity contribution in [3.63, 3.8) is 0 Å². The van der Waals surface area contributed by atoms with E-state index in [9.17, 15) is 4.39 Å². The zero-order valence-corrected chi connectivity index (χ0v) is 17.7. The Kier molecular flexibility index (Phi) is 7.21. The third kappa shape index (κ3) is 4.62. The van der Waals surface area contributed by atoms with Gasteiger partial charge in [-0.2, -0.15) is 22.7 Å². The standard InChI is InChI=1S/C24H25BCl2F/c1-2-3-4-5-15-25(19-9-6-12-22(26)16-19,20-10-7-13-23(27)17-20)21-11-8-14-24(28)18-21/h6-14,16-18H,2-5,15H2,1H3/q-1. The van der Waals surface area contributed by atoms with E-state index in [1.807, 2.05) is 42.5 Å². The van der Waals surface area contributed by atoms with Crippen molar-refractivity contribution in [2.75, 3.05) is 0 Å². The summed E-state index contributed by atoms with van der Waals surface area (Å²) in [5.74, 6) is -0.221. The van der Waals surface area contributed by atoms with Gasteiger partial charge >= 0.3 is 0 Å². The Bertz CT molecular complexity index is 815. The quantitative estimate of drug-likeness (QED) is 0.305. The van der Waals surface area contributed by atoms with E-state index in [1.54, 1.807) is 12.1 Å². The van der Waals surface area contributed by atoms with Crippen LogP contribution in [0.5, 0.6) is 0 Å². The first-order chi connectivity index (χ1) is 13.6.